The van der Waals surface area contributed by atoms with Gasteiger partial charge in [-0.2, -0.15) is 13.2 Å². The van der Waals surface area contributed by atoms with Crippen LogP contribution in [0, 0.1) is 0 Å². The van der Waals surface area contributed by atoms with Crippen molar-refractivity contribution in [3.8, 4) is 0 Å². The minimum absolute atomic E-state index is 0.0363. The van der Waals surface area contributed by atoms with E-state index in [2.05, 4.69) is 9.97 Å². The molecule has 1 aliphatic heterocycles. The molecular formula is C11H12F3N4O2. The van der Waals surface area contributed by atoms with Crippen LogP contribution in [0.15, 0.2) is 12.4 Å². The molecule has 0 unspecified atom stereocenters. The molecular weight excluding hydrogens is 277 g/mol. The van der Waals surface area contributed by atoms with Crippen molar-refractivity contribution in [1.82, 2.24) is 14.9 Å². The number of hydrogen-bond donors (Lipinski definition) is 0. The lowest BCUT2D eigenvalue weighted by Crippen LogP contribution is -2.51. The lowest BCUT2D eigenvalue weighted by Gasteiger charge is -2.33. The minimum Gasteiger partial charge on any atom is -0.337 e. The molecule has 20 heavy (non-hydrogen) atoms. The van der Waals surface area contributed by atoms with Gasteiger partial charge in [-0.25, -0.2) is 15.1 Å². The molecule has 1 amide bonds. The third kappa shape index (κ3) is 3.16. The molecule has 0 bridgehead atoms. The molecule has 1 saturated heterocycles. The highest BCUT2D eigenvalue weighted by Gasteiger charge is 2.32. The topological polar surface area (TPSA) is 69.2 Å². The van der Waals surface area contributed by atoms with Gasteiger partial charge in [-0.05, 0) is 0 Å². The molecule has 2 rings (SSSR count). The molecule has 1 aliphatic rings. The molecule has 0 saturated carbocycles. The summed E-state index contributed by atoms with van der Waals surface area (Å²) in [5.74, 6) is -0.177. The summed E-state index contributed by atoms with van der Waals surface area (Å²) in [4.78, 5) is 21.9. The Bertz CT molecular complexity index is 478. The van der Waals surface area contributed by atoms with Crippen LogP contribution in [0.2, 0.25) is 0 Å². The monoisotopic (exact) mass is 289 g/mol. The number of anilines is 1. The quantitative estimate of drug-likeness (QED) is 0.816. The summed E-state index contributed by atoms with van der Waals surface area (Å²) in [7, 11) is 0. The van der Waals surface area contributed by atoms with Crippen LogP contribution in [0.5, 0.6) is 0 Å². The number of carbonyl (C=O) groups excluding carboxylic acids is 1. The first-order valence-electron chi connectivity index (χ1n) is 5.92. The number of amides is 1. The van der Waals surface area contributed by atoms with E-state index in [1.165, 1.54) is 9.80 Å². The molecule has 109 valence electrons. The van der Waals surface area contributed by atoms with E-state index in [0.29, 0.717) is 25.5 Å². The zero-order valence-corrected chi connectivity index (χ0v) is 10.4. The molecule has 6 nitrogen and oxygen atoms in total. The Kier molecular flexibility index (Phi) is 4.07. The maximum Gasteiger partial charge on any atom is 0.419 e. The van der Waals surface area contributed by atoms with Crippen LogP contribution < -0.4 is 4.90 Å². The number of piperazine rings is 1. The lowest BCUT2D eigenvalue weighted by molar-refractivity contribution is -0.138. The minimum atomic E-state index is -4.48. The van der Waals surface area contributed by atoms with Gasteiger partial charge in [-0.15, -0.1) is 0 Å². The number of carbonyl (C=O) groups is 1. The summed E-state index contributed by atoms with van der Waals surface area (Å²) >= 11 is 0. The van der Waals surface area contributed by atoms with E-state index in [-0.39, 0.29) is 31.6 Å². The van der Waals surface area contributed by atoms with E-state index in [4.69, 9.17) is 0 Å². The Balaban J connectivity index is 2.05. The zero-order valence-electron chi connectivity index (χ0n) is 10.4. The van der Waals surface area contributed by atoms with Gasteiger partial charge in [0.15, 0.2) is 0 Å². The number of hydrogen-bond acceptors (Lipinski definition) is 4. The van der Waals surface area contributed by atoms with Gasteiger partial charge in [0.25, 0.3) is 0 Å². The average Bonchev–Trinajstić information content (AvgIpc) is 2.40. The van der Waals surface area contributed by atoms with Crippen LogP contribution in [0.4, 0.5) is 19.1 Å². The number of alkyl halides is 3. The molecule has 0 aliphatic carbocycles. The van der Waals surface area contributed by atoms with Crippen molar-refractivity contribution < 1.29 is 23.1 Å². The number of halogens is 3. The van der Waals surface area contributed by atoms with Gasteiger partial charge in [0.2, 0.25) is 11.9 Å². The van der Waals surface area contributed by atoms with E-state index >= 15 is 0 Å². The normalized spacial score (nSPS) is 16.7. The van der Waals surface area contributed by atoms with Gasteiger partial charge < -0.3 is 9.80 Å². The van der Waals surface area contributed by atoms with Crippen LogP contribution in [-0.2, 0) is 16.1 Å². The summed E-state index contributed by atoms with van der Waals surface area (Å²) < 4.78 is 37.1. The van der Waals surface area contributed by atoms with Gasteiger partial charge in [0.1, 0.15) is 0 Å². The van der Waals surface area contributed by atoms with Gasteiger partial charge >= 0.3 is 6.18 Å². The van der Waals surface area contributed by atoms with Crippen molar-refractivity contribution in [1.29, 1.82) is 0 Å². The van der Waals surface area contributed by atoms with Crippen molar-refractivity contribution >= 4 is 11.9 Å². The molecule has 0 N–H and O–H groups in total. The Hall–Kier alpha value is -1.90. The molecule has 0 aromatic carbocycles. The average molecular weight is 289 g/mol. The van der Waals surface area contributed by atoms with Crippen molar-refractivity contribution in [2.24, 2.45) is 0 Å². The van der Waals surface area contributed by atoms with Crippen molar-refractivity contribution in [3.63, 3.8) is 0 Å². The third-order valence-electron chi connectivity index (χ3n) is 2.93. The Morgan fingerprint density at radius 3 is 2.35 bits per heavy atom. The number of nitrogens with zero attached hydrogens (tertiary/aromatic N) is 4. The third-order valence-corrected chi connectivity index (χ3v) is 2.93. The summed E-state index contributed by atoms with van der Waals surface area (Å²) in [5.41, 5.74) is -0.933. The van der Waals surface area contributed by atoms with E-state index in [9.17, 15) is 23.1 Å². The molecule has 1 aromatic heterocycles. The first-order chi connectivity index (χ1) is 9.41. The fourth-order valence-electron chi connectivity index (χ4n) is 1.86. The first kappa shape index (κ1) is 14.5. The van der Waals surface area contributed by atoms with Crippen LogP contribution in [-0.4, -0.2) is 53.6 Å². The molecule has 0 spiro atoms. The van der Waals surface area contributed by atoms with Crippen LogP contribution in [0.3, 0.4) is 0 Å². The molecule has 1 radical (unpaired) electrons. The highest BCUT2D eigenvalue weighted by atomic mass is 19.4. The molecule has 9 heteroatoms. The van der Waals surface area contributed by atoms with E-state index in [0.717, 1.165) is 0 Å². The largest absolute Gasteiger partial charge is 0.419 e. The van der Waals surface area contributed by atoms with Crippen molar-refractivity contribution in [2.75, 3.05) is 37.7 Å². The second-order valence-electron chi connectivity index (χ2n) is 4.28. The standard InChI is InChI=1S/C11H12F3N4O2/c12-11(13,14)8-5-15-10(16-6-8)18-2-1-17(3-4-19)9(20)7-18/h5-6H,1-4,7H2. The van der Waals surface area contributed by atoms with E-state index in [1.54, 1.807) is 0 Å². The highest BCUT2D eigenvalue weighted by molar-refractivity contribution is 5.82. The first-order valence-corrected chi connectivity index (χ1v) is 5.92. The Morgan fingerprint density at radius 2 is 1.85 bits per heavy atom. The van der Waals surface area contributed by atoms with Gasteiger partial charge in [-0.3, -0.25) is 4.79 Å². The SMILES string of the molecule is [O]CCN1CCN(c2ncc(C(F)(F)F)cn2)CC1=O. The van der Waals surface area contributed by atoms with E-state index in [1.807, 2.05) is 0 Å². The highest BCUT2D eigenvalue weighted by Crippen LogP contribution is 2.28. The smallest absolute Gasteiger partial charge is 0.337 e. The van der Waals surface area contributed by atoms with E-state index < -0.39 is 11.7 Å². The van der Waals surface area contributed by atoms with Gasteiger partial charge in [0, 0.05) is 32.0 Å². The second-order valence-corrected chi connectivity index (χ2v) is 4.28. The zero-order chi connectivity index (χ0) is 14.8. The molecule has 1 aromatic rings. The second kappa shape index (κ2) is 5.61. The summed E-state index contributed by atoms with van der Waals surface area (Å²) in [6.45, 7) is 0.455. The van der Waals surface area contributed by atoms with Crippen LogP contribution >= 0.6 is 0 Å². The van der Waals surface area contributed by atoms with Crippen molar-refractivity contribution in [3.05, 3.63) is 18.0 Å². The predicted octanol–water partition coefficient (Wildman–Crippen LogP) is 0.574. The fraction of sp³-hybridized carbons (Fsp3) is 0.545. The molecule has 1 fully saturated rings. The Labute approximate surface area is 112 Å². The fourth-order valence-corrected chi connectivity index (χ4v) is 1.86. The van der Waals surface area contributed by atoms with Crippen LogP contribution in [0.25, 0.3) is 0 Å². The lowest BCUT2D eigenvalue weighted by atomic mass is 10.3. The molecule has 0 atom stereocenters. The predicted molar refractivity (Wildman–Crippen MR) is 61.4 cm³/mol. The number of aromatic nitrogens is 2. The van der Waals surface area contributed by atoms with Gasteiger partial charge in [0.05, 0.1) is 18.7 Å². The maximum atomic E-state index is 12.4. The Morgan fingerprint density at radius 1 is 1.20 bits per heavy atom. The maximum absolute atomic E-state index is 12.4. The van der Waals surface area contributed by atoms with Crippen molar-refractivity contribution in [2.45, 2.75) is 6.18 Å². The number of rotatable bonds is 3. The molecule has 2 heterocycles. The summed E-state index contributed by atoms with van der Waals surface area (Å²) in [6, 6.07) is 0. The summed E-state index contributed by atoms with van der Waals surface area (Å²) in [5, 5.41) is 10.5. The van der Waals surface area contributed by atoms with Gasteiger partial charge in [-0.1, -0.05) is 0 Å². The van der Waals surface area contributed by atoms with Crippen LogP contribution in [0.1, 0.15) is 5.56 Å². The summed E-state index contributed by atoms with van der Waals surface area (Å²) in [6.07, 6.45) is -3.10.